The van der Waals surface area contributed by atoms with E-state index in [9.17, 15) is 28.0 Å². The zero-order valence-electron chi connectivity index (χ0n) is 20.4. The molecule has 3 atom stereocenters. The third-order valence-corrected chi connectivity index (χ3v) is 5.48. The van der Waals surface area contributed by atoms with Crippen LogP contribution in [0.3, 0.4) is 0 Å². The van der Waals surface area contributed by atoms with Crippen LogP contribution in [-0.2, 0) is 33.2 Å². The van der Waals surface area contributed by atoms with Crippen molar-refractivity contribution in [3.05, 3.63) is 69.7 Å². The number of ketones is 1. The average Bonchev–Trinajstić information content (AvgIpc) is 3.13. The number of nitrogens with one attached hydrogen (secondary N) is 1. The number of aryl methyl sites for hydroxylation is 1. The van der Waals surface area contributed by atoms with E-state index in [2.05, 4.69) is 0 Å². The van der Waals surface area contributed by atoms with Gasteiger partial charge in [0.05, 0.1) is 0 Å². The summed E-state index contributed by atoms with van der Waals surface area (Å²) in [6.45, 7) is -0.221. The zero-order valence-corrected chi connectivity index (χ0v) is 17.2. The molecule has 0 bridgehead atoms. The monoisotopic (exact) mass is 464 g/mol. The van der Waals surface area contributed by atoms with Crippen molar-refractivity contribution in [1.29, 1.82) is 0 Å². The van der Waals surface area contributed by atoms with Crippen LogP contribution >= 0.6 is 11.6 Å². The van der Waals surface area contributed by atoms with Crippen LogP contribution in [-0.4, -0.2) is 34.4 Å². The quantitative estimate of drug-likeness (QED) is 0.664. The van der Waals surface area contributed by atoms with E-state index in [0.717, 1.165) is 17.0 Å². The first-order chi connectivity index (χ1) is 16.7. The molecular weight excluding hydrogens is 442 g/mol. The lowest BCUT2D eigenvalue weighted by molar-refractivity contribution is -0.144. The van der Waals surface area contributed by atoms with Gasteiger partial charge in [-0.05, 0) is 42.1 Å². The number of piperidine rings is 1. The van der Waals surface area contributed by atoms with E-state index < -0.39 is 66.6 Å². The van der Waals surface area contributed by atoms with Crippen LogP contribution in [0.5, 0.6) is 0 Å². The third kappa shape index (κ3) is 4.14. The highest BCUT2D eigenvalue weighted by atomic mass is 35.5. The van der Waals surface area contributed by atoms with Crippen molar-refractivity contribution in [1.82, 2.24) is 10.2 Å². The minimum Gasteiger partial charge on any atom is -0.322 e. The number of hydrogen-bond donors (Lipinski definition) is 1. The number of alkyl halides is 2. The fourth-order valence-corrected chi connectivity index (χ4v) is 3.67. The number of amides is 3. The van der Waals surface area contributed by atoms with E-state index in [1.165, 1.54) is 30.3 Å². The van der Waals surface area contributed by atoms with E-state index in [4.69, 9.17) is 17.1 Å². The molecule has 6 nitrogen and oxygen atoms in total. The van der Waals surface area contributed by atoms with E-state index in [-0.39, 0.29) is 28.3 Å². The summed E-state index contributed by atoms with van der Waals surface area (Å²) < 4.78 is 61.8. The predicted molar refractivity (Wildman–Crippen MR) is 111 cm³/mol. The molecule has 2 aliphatic rings. The topological polar surface area (TPSA) is 83.6 Å². The highest BCUT2D eigenvalue weighted by Crippen LogP contribution is 2.32. The van der Waals surface area contributed by atoms with Crippen molar-refractivity contribution in [3.8, 4) is 0 Å². The Morgan fingerprint density at radius 1 is 1.22 bits per heavy atom. The second-order valence-electron chi connectivity index (χ2n) is 7.32. The molecule has 0 aliphatic carbocycles. The van der Waals surface area contributed by atoms with Crippen molar-refractivity contribution >= 4 is 35.1 Å². The average molecular weight is 465 g/mol. The minimum absolute atomic E-state index is 0.103. The molecular formula is C23H19ClF2N2O4. The Bertz CT molecular complexity index is 1280. The van der Waals surface area contributed by atoms with Gasteiger partial charge in [0.2, 0.25) is 17.6 Å². The Kier molecular flexibility index (Phi) is 4.59. The van der Waals surface area contributed by atoms with E-state index >= 15 is 0 Å². The molecule has 0 radical (unpaired) electrons. The summed E-state index contributed by atoms with van der Waals surface area (Å²) in [5.74, 6) is -8.08. The summed E-state index contributed by atoms with van der Waals surface area (Å²) in [7, 11) is 0. The van der Waals surface area contributed by atoms with Gasteiger partial charge in [0, 0.05) is 41.0 Å². The van der Waals surface area contributed by atoms with Crippen LogP contribution in [0.25, 0.3) is 0 Å². The summed E-state index contributed by atoms with van der Waals surface area (Å²) in [6.07, 6.45) is -6.77. The first kappa shape index (κ1) is 17.4. The molecule has 0 saturated carbocycles. The van der Waals surface area contributed by atoms with Gasteiger partial charge in [-0.15, -0.1) is 0 Å². The molecule has 2 heterocycles. The fourth-order valence-electron chi connectivity index (χ4n) is 3.54. The second kappa shape index (κ2) is 8.43. The number of hydrogen-bond acceptors (Lipinski definition) is 4. The normalized spacial score (nSPS) is 25.4. The summed E-state index contributed by atoms with van der Waals surface area (Å²) >= 11 is 5.70. The highest BCUT2D eigenvalue weighted by molar-refractivity contribution is 6.30. The number of carbonyl (C=O) groups is 4. The van der Waals surface area contributed by atoms with Gasteiger partial charge in [-0.3, -0.25) is 24.5 Å². The fraction of sp³-hybridized carbons (Fsp3) is 0.304. The molecule has 0 aromatic heterocycles. The number of nitrogens with zero attached hydrogens (tertiary/aromatic N) is 1. The van der Waals surface area contributed by atoms with Gasteiger partial charge in [-0.25, -0.2) is 0 Å². The summed E-state index contributed by atoms with van der Waals surface area (Å²) in [6, 6.07) is 6.67. The molecule has 166 valence electrons. The van der Waals surface area contributed by atoms with Gasteiger partial charge in [-0.2, -0.15) is 8.78 Å². The smallest absolute Gasteiger partial charge is 0.322 e. The lowest BCUT2D eigenvalue weighted by Crippen LogP contribution is -2.52. The minimum atomic E-state index is -3.96. The SMILES string of the molecule is [2H]C1C(=O)NC(=O)C(N2Cc3cc(C([2H])([2H])CC(=O)C(F)(F)c4ccc(Cl)cc4)ccc3C2=O)C1[2H]. The lowest BCUT2D eigenvalue weighted by Gasteiger charge is -2.29. The Morgan fingerprint density at radius 3 is 2.66 bits per heavy atom. The van der Waals surface area contributed by atoms with E-state index in [1.807, 2.05) is 5.32 Å². The third-order valence-electron chi connectivity index (χ3n) is 5.23. The molecule has 2 aromatic rings. The molecule has 1 N–H and O–H groups in total. The van der Waals surface area contributed by atoms with Gasteiger partial charge in [0.15, 0.2) is 0 Å². The Balaban J connectivity index is 1.55. The van der Waals surface area contributed by atoms with Gasteiger partial charge < -0.3 is 4.90 Å². The molecule has 32 heavy (non-hydrogen) atoms. The van der Waals surface area contributed by atoms with Crippen LogP contribution in [0.15, 0.2) is 42.5 Å². The Morgan fingerprint density at radius 2 is 1.94 bits per heavy atom. The number of rotatable bonds is 6. The largest absolute Gasteiger partial charge is 0.330 e. The first-order valence-electron chi connectivity index (χ1n) is 11.7. The predicted octanol–water partition coefficient (Wildman–Crippen LogP) is 3.39. The van der Waals surface area contributed by atoms with Gasteiger partial charge in [0.1, 0.15) is 6.04 Å². The highest BCUT2D eigenvalue weighted by Gasteiger charge is 2.41. The second-order valence-corrected chi connectivity index (χ2v) is 7.76. The Labute approximate surface area is 193 Å². The molecule has 2 aromatic carbocycles. The maximum atomic E-state index is 14.7. The van der Waals surface area contributed by atoms with E-state index in [1.54, 1.807) is 0 Å². The number of fused-ring (bicyclic) bond motifs is 1. The summed E-state index contributed by atoms with van der Waals surface area (Å²) in [5.41, 5.74) is -0.382. The maximum absolute atomic E-state index is 14.7. The van der Waals surface area contributed by atoms with Gasteiger partial charge in [-0.1, -0.05) is 35.9 Å². The van der Waals surface area contributed by atoms with Crippen LogP contribution in [0.2, 0.25) is 5.02 Å². The van der Waals surface area contributed by atoms with Gasteiger partial charge in [0.25, 0.3) is 5.91 Å². The van der Waals surface area contributed by atoms with Crippen molar-refractivity contribution < 1.29 is 33.4 Å². The summed E-state index contributed by atoms with van der Waals surface area (Å²) in [4.78, 5) is 50.3. The lowest BCUT2D eigenvalue weighted by atomic mass is 9.97. The molecule has 9 heteroatoms. The Hall–Kier alpha value is -3.13. The molecule has 2 aliphatic heterocycles. The number of Topliss-reactive ketones (excluding diaryl/α,β-unsaturated/α-hetero) is 1. The molecule has 3 unspecified atom stereocenters. The molecule has 0 spiro atoms. The molecule has 1 saturated heterocycles. The number of halogens is 3. The van der Waals surface area contributed by atoms with E-state index in [0.29, 0.717) is 0 Å². The van der Waals surface area contributed by atoms with Gasteiger partial charge >= 0.3 is 5.92 Å². The van der Waals surface area contributed by atoms with Crippen molar-refractivity contribution in [2.75, 3.05) is 0 Å². The standard InChI is InChI=1S/C23H19ClF2N2O4/c24-16-5-3-15(4-6-16)23(25,26)19(29)9-2-13-1-7-17-14(11-13)12-28(22(17)32)18-8-10-20(30)27-21(18)31/h1,3-7,11,18H,2,8-10,12H2,(H,27,30,31)/i2D2,8D,10D. The van der Waals surface area contributed by atoms with Crippen LogP contribution in [0.4, 0.5) is 8.78 Å². The number of carbonyl (C=O) groups excluding carboxylic acids is 4. The summed E-state index contributed by atoms with van der Waals surface area (Å²) in [5, 5.41) is 2.17. The molecule has 1 fully saturated rings. The maximum Gasteiger partial charge on any atom is 0.330 e. The van der Waals surface area contributed by atoms with Crippen molar-refractivity contribution in [2.24, 2.45) is 0 Å². The van der Waals surface area contributed by atoms with Crippen molar-refractivity contribution in [2.45, 2.75) is 44.1 Å². The number of imide groups is 1. The van der Waals surface area contributed by atoms with Crippen molar-refractivity contribution in [3.63, 3.8) is 0 Å². The first-order valence-corrected chi connectivity index (χ1v) is 9.92. The van der Waals surface area contributed by atoms with Crippen LogP contribution < -0.4 is 5.32 Å². The molecule has 4 rings (SSSR count). The zero-order chi connectivity index (χ0) is 26.6. The number of benzene rings is 2. The van der Waals surface area contributed by atoms with Crippen LogP contribution in [0, 0.1) is 0 Å². The van der Waals surface area contributed by atoms with Crippen LogP contribution in [0.1, 0.15) is 51.7 Å². The molecule has 3 amide bonds.